The zero-order chi connectivity index (χ0) is 20.0. The van der Waals surface area contributed by atoms with E-state index in [0.717, 1.165) is 10.5 Å². The maximum atomic E-state index is 11.5. The maximum Gasteiger partial charge on any atom is 0.303 e. The van der Waals surface area contributed by atoms with Gasteiger partial charge in [0.25, 0.3) is 0 Å². The van der Waals surface area contributed by atoms with Gasteiger partial charge in [0.05, 0.1) is 0 Å². The number of carbonyl (C=O) groups is 3. The highest BCUT2D eigenvalue weighted by atomic mass is 32.2. The second kappa shape index (κ2) is 9.75. The Kier molecular flexibility index (Phi) is 7.67. The number of hydrogen-bond acceptors (Lipinski definition) is 8. The summed E-state index contributed by atoms with van der Waals surface area (Å²) in [4.78, 5) is 35.2. The zero-order valence-corrected chi connectivity index (χ0v) is 16.6. The second-order valence-electron chi connectivity index (χ2n) is 6.30. The van der Waals surface area contributed by atoms with Crippen LogP contribution in [0.15, 0.2) is 29.2 Å². The minimum absolute atomic E-state index is 0.101. The standard InChI is InChI=1S/C19H24O7S/c1-11-5-7-15(8-6-11)27-18-9-16(24-13(3)21)19(25-14(4)22)17(26-18)10-23-12(2)20/h5-8,16-19H,9-10H2,1-4H3/t16-,17-,18-,19-/m1/s1. The van der Waals surface area contributed by atoms with Crippen LogP contribution in [0.5, 0.6) is 0 Å². The topological polar surface area (TPSA) is 88.1 Å². The van der Waals surface area contributed by atoms with Gasteiger partial charge < -0.3 is 18.9 Å². The molecule has 0 aromatic heterocycles. The van der Waals surface area contributed by atoms with Crippen LogP contribution in [0.3, 0.4) is 0 Å². The van der Waals surface area contributed by atoms with Crippen molar-refractivity contribution in [1.29, 1.82) is 0 Å². The number of rotatable bonds is 6. The average molecular weight is 396 g/mol. The highest BCUT2D eigenvalue weighted by molar-refractivity contribution is 7.99. The predicted octanol–water partition coefficient (Wildman–Crippen LogP) is 2.63. The van der Waals surface area contributed by atoms with Gasteiger partial charge in [0, 0.05) is 32.1 Å². The van der Waals surface area contributed by atoms with E-state index >= 15 is 0 Å². The third-order valence-electron chi connectivity index (χ3n) is 3.84. The summed E-state index contributed by atoms with van der Waals surface area (Å²) < 4.78 is 21.8. The average Bonchev–Trinajstić information content (AvgIpc) is 2.56. The summed E-state index contributed by atoms with van der Waals surface area (Å²) in [6.45, 7) is 5.74. The Morgan fingerprint density at radius 3 is 2.22 bits per heavy atom. The lowest BCUT2D eigenvalue weighted by atomic mass is 10.0. The summed E-state index contributed by atoms with van der Waals surface area (Å²) in [6.07, 6.45) is -1.93. The van der Waals surface area contributed by atoms with Gasteiger partial charge in [-0.1, -0.05) is 29.5 Å². The summed E-state index contributed by atoms with van der Waals surface area (Å²) in [5, 5.41) is 0. The number of aryl methyl sites for hydroxylation is 1. The molecule has 0 spiro atoms. The van der Waals surface area contributed by atoms with Crippen LogP contribution < -0.4 is 0 Å². The fourth-order valence-corrected chi connectivity index (χ4v) is 3.82. The van der Waals surface area contributed by atoms with E-state index in [2.05, 4.69) is 0 Å². The number of carbonyl (C=O) groups excluding carboxylic acids is 3. The number of benzene rings is 1. The van der Waals surface area contributed by atoms with Crippen LogP contribution in [-0.2, 0) is 33.3 Å². The van der Waals surface area contributed by atoms with Gasteiger partial charge in [-0.05, 0) is 19.1 Å². The van der Waals surface area contributed by atoms with Gasteiger partial charge in [0.15, 0.2) is 6.10 Å². The fourth-order valence-electron chi connectivity index (χ4n) is 2.74. The van der Waals surface area contributed by atoms with Crippen molar-refractivity contribution in [3.05, 3.63) is 29.8 Å². The quantitative estimate of drug-likeness (QED) is 0.536. The second-order valence-corrected chi connectivity index (χ2v) is 7.53. The highest BCUT2D eigenvalue weighted by Crippen LogP contribution is 2.35. The van der Waals surface area contributed by atoms with Crippen molar-refractivity contribution >= 4 is 29.7 Å². The normalized spacial score (nSPS) is 24.7. The van der Waals surface area contributed by atoms with Crippen molar-refractivity contribution in [3.8, 4) is 0 Å². The largest absolute Gasteiger partial charge is 0.463 e. The molecule has 4 atom stereocenters. The Morgan fingerprint density at radius 2 is 1.67 bits per heavy atom. The molecule has 1 aromatic rings. The monoisotopic (exact) mass is 396 g/mol. The molecular formula is C19H24O7S. The molecule has 8 heteroatoms. The third-order valence-corrected chi connectivity index (χ3v) is 4.95. The molecule has 2 rings (SSSR count). The van der Waals surface area contributed by atoms with Gasteiger partial charge in [-0.15, -0.1) is 0 Å². The van der Waals surface area contributed by atoms with Gasteiger partial charge >= 0.3 is 17.9 Å². The van der Waals surface area contributed by atoms with Crippen molar-refractivity contribution < 1.29 is 33.3 Å². The molecule has 27 heavy (non-hydrogen) atoms. The molecule has 0 unspecified atom stereocenters. The molecule has 1 aliphatic rings. The van der Waals surface area contributed by atoms with Crippen molar-refractivity contribution in [2.24, 2.45) is 0 Å². The van der Waals surface area contributed by atoms with Gasteiger partial charge in [0.1, 0.15) is 24.3 Å². The Hall–Kier alpha value is -2.06. The minimum atomic E-state index is -0.847. The number of hydrogen-bond donors (Lipinski definition) is 0. The predicted molar refractivity (Wildman–Crippen MR) is 98.1 cm³/mol. The molecule has 7 nitrogen and oxygen atoms in total. The zero-order valence-electron chi connectivity index (χ0n) is 15.8. The minimum Gasteiger partial charge on any atom is -0.463 e. The molecular weight excluding hydrogens is 372 g/mol. The Labute approximate surface area is 162 Å². The molecule has 0 radical (unpaired) electrons. The highest BCUT2D eigenvalue weighted by Gasteiger charge is 2.43. The van der Waals surface area contributed by atoms with Gasteiger partial charge in [-0.25, -0.2) is 0 Å². The van der Waals surface area contributed by atoms with E-state index in [9.17, 15) is 14.4 Å². The first kappa shape index (κ1) is 21.2. The molecule has 1 fully saturated rings. The lowest BCUT2D eigenvalue weighted by molar-refractivity contribution is -0.204. The van der Waals surface area contributed by atoms with Crippen LogP contribution in [0.1, 0.15) is 32.8 Å². The van der Waals surface area contributed by atoms with E-state index < -0.39 is 36.2 Å². The van der Waals surface area contributed by atoms with Crippen molar-refractivity contribution in [2.75, 3.05) is 6.61 Å². The Morgan fingerprint density at radius 1 is 1.04 bits per heavy atom. The van der Waals surface area contributed by atoms with Crippen LogP contribution in [0.2, 0.25) is 0 Å². The van der Waals surface area contributed by atoms with Gasteiger partial charge in [-0.3, -0.25) is 14.4 Å². The number of ether oxygens (including phenoxy) is 4. The smallest absolute Gasteiger partial charge is 0.303 e. The van der Waals surface area contributed by atoms with Crippen LogP contribution in [-0.4, -0.2) is 48.3 Å². The van der Waals surface area contributed by atoms with E-state index in [1.54, 1.807) is 0 Å². The first-order valence-electron chi connectivity index (χ1n) is 8.61. The summed E-state index contributed by atoms with van der Waals surface area (Å²) in [5.41, 5.74) is 0.786. The van der Waals surface area contributed by atoms with E-state index in [-0.39, 0.29) is 12.0 Å². The lowest BCUT2D eigenvalue weighted by Gasteiger charge is -2.39. The van der Waals surface area contributed by atoms with Crippen molar-refractivity contribution in [1.82, 2.24) is 0 Å². The van der Waals surface area contributed by atoms with Crippen LogP contribution in [0.4, 0.5) is 0 Å². The summed E-state index contributed by atoms with van der Waals surface area (Å²) >= 11 is 1.47. The fraction of sp³-hybridized carbons (Fsp3) is 0.526. The molecule has 0 amide bonds. The van der Waals surface area contributed by atoms with Crippen LogP contribution in [0, 0.1) is 6.92 Å². The van der Waals surface area contributed by atoms with Crippen LogP contribution in [0.25, 0.3) is 0 Å². The maximum absolute atomic E-state index is 11.5. The molecule has 1 saturated heterocycles. The summed E-state index contributed by atoms with van der Waals surface area (Å²) in [6, 6.07) is 7.94. The van der Waals surface area contributed by atoms with Crippen molar-refractivity contribution in [2.45, 2.75) is 62.8 Å². The summed E-state index contributed by atoms with van der Waals surface area (Å²) in [5.74, 6) is -1.49. The first-order chi connectivity index (χ1) is 12.7. The van der Waals surface area contributed by atoms with Gasteiger partial charge in [-0.2, -0.15) is 0 Å². The summed E-state index contributed by atoms with van der Waals surface area (Å²) in [7, 11) is 0. The molecule has 0 saturated carbocycles. The van der Waals surface area contributed by atoms with E-state index in [4.69, 9.17) is 18.9 Å². The SMILES string of the molecule is CC(=O)OC[C@H]1O[C@H](Sc2ccc(C)cc2)C[C@@H](OC(C)=O)[C@H]1OC(C)=O. The lowest BCUT2D eigenvalue weighted by Crippen LogP contribution is -2.53. The molecule has 1 aliphatic heterocycles. The van der Waals surface area contributed by atoms with E-state index in [1.165, 1.54) is 32.5 Å². The number of thioether (sulfide) groups is 1. The Bertz CT molecular complexity index is 673. The number of esters is 3. The van der Waals surface area contributed by atoms with E-state index in [1.807, 2.05) is 31.2 Å². The third kappa shape index (κ3) is 6.88. The Balaban J connectivity index is 2.19. The molecule has 148 valence electrons. The molecule has 0 N–H and O–H groups in total. The van der Waals surface area contributed by atoms with Crippen molar-refractivity contribution in [3.63, 3.8) is 0 Å². The van der Waals surface area contributed by atoms with Gasteiger partial charge in [0.2, 0.25) is 0 Å². The first-order valence-corrected chi connectivity index (χ1v) is 9.49. The molecule has 1 aromatic carbocycles. The molecule has 0 bridgehead atoms. The van der Waals surface area contributed by atoms with Crippen LogP contribution >= 0.6 is 11.8 Å². The molecule has 1 heterocycles. The molecule has 0 aliphatic carbocycles. The van der Waals surface area contributed by atoms with E-state index in [0.29, 0.717) is 6.42 Å².